The van der Waals surface area contributed by atoms with Gasteiger partial charge in [-0.15, -0.1) is 5.10 Å². The van der Waals surface area contributed by atoms with Crippen molar-refractivity contribution in [2.24, 2.45) is 0 Å². The molecule has 7 nitrogen and oxygen atoms in total. The molecule has 2 unspecified atom stereocenters. The second-order valence-electron chi connectivity index (χ2n) is 7.46. The summed E-state index contributed by atoms with van der Waals surface area (Å²) in [5, 5.41) is 11.8. The number of benzene rings is 2. The Labute approximate surface area is 180 Å². The number of likely N-dealkylation sites (tertiary alicyclic amines) is 1. The van der Waals surface area contributed by atoms with Crippen molar-refractivity contribution in [2.45, 2.75) is 44.4 Å². The first-order valence-electron chi connectivity index (χ1n) is 10.2. The van der Waals surface area contributed by atoms with Crippen LogP contribution < -0.4 is 0 Å². The summed E-state index contributed by atoms with van der Waals surface area (Å²) in [5.74, 6) is 0. The van der Waals surface area contributed by atoms with Gasteiger partial charge in [-0.25, -0.2) is 9.48 Å². The number of piperidine rings is 1. The van der Waals surface area contributed by atoms with E-state index in [1.807, 2.05) is 41.3 Å². The Bertz CT molecular complexity index is 951. The average molecular weight is 426 g/mol. The van der Waals surface area contributed by atoms with Crippen LogP contribution in [0.25, 0.3) is 0 Å². The molecule has 0 N–H and O–H groups in total. The van der Waals surface area contributed by atoms with E-state index in [1.165, 1.54) is 11.9 Å². The van der Waals surface area contributed by atoms with Crippen LogP contribution in [0.15, 0.2) is 60.9 Å². The molecule has 4 rings (SSSR count). The molecule has 30 heavy (non-hydrogen) atoms. The minimum atomic E-state index is -0.589. The summed E-state index contributed by atoms with van der Waals surface area (Å²) in [6.45, 7) is 0.982. The van der Waals surface area contributed by atoms with Crippen molar-refractivity contribution in [1.29, 1.82) is 0 Å². The highest BCUT2D eigenvalue weighted by Crippen LogP contribution is 2.29. The van der Waals surface area contributed by atoms with E-state index in [2.05, 4.69) is 27.7 Å². The summed E-state index contributed by atoms with van der Waals surface area (Å²) >= 11 is 6.40. The number of ether oxygens (including phenoxy) is 1. The van der Waals surface area contributed by atoms with Crippen molar-refractivity contribution < 1.29 is 9.53 Å². The van der Waals surface area contributed by atoms with Crippen LogP contribution in [0.1, 0.15) is 36.5 Å². The van der Waals surface area contributed by atoms with Crippen molar-refractivity contribution in [3.63, 3.8) is 0 Å². The number of tetrazole rings is 1. The van der Waals surface area contributed by atoms with E-state index in [0.29, 0.717) is 18.1 Å². The van der Waals surface area contributed by atoms with Crippen LogP contribution in [0.2, 0.25) is 5.02 Å². The molecule has 0 aliphatic carbocycles. The molecule has 1 fully saturated rings. The highest BCUT2D eigenvalue weighted by atomic mass is 35.5. The molecule has 2 aromatic carbocycles. The van der Waals surface area contributed by atoms with Gasteiger partial charge in [0.1, 0.15) is 12.4 Å². The Kier molecular flexibility index (Phi) is 6.59. The Hall–Kier alpha value is -2.93. The molecule has 3 aromatic rings. The molecular formula is C22H24ClN5O2. The lowest BCUT2D eigenvalue weighted by Gasteiger charge is -2.36. The SMILES string of the molecule is O=C(OC(Cn1cnnn1)c1ccccc1Cl)N1CCCCC1Cc1ccccc1. The van der Waals surface area contributed by atoms with E-state index in [1.54, 1.807) is 10.7 Å². The molecule has 1 saturated heterocycles. The molecular weight excluding hydrogens is 402 g/mol. The third-order valence-corrected chi connectivity index (χ3v) is 5.76. The molecule has 156 valence electrons. The molecule has 2 heterocycles. The number of rotatable bonds is 6. The third-order valence-electron chi connectivity index (χ3n) is 5.42. The Morgan fingerprint density at radius 1 is 1.13 bits per heavy atom. The first kappa shape index (κ1) is 20.3. The molecule has 0 spiro atoms. The fraction of sp³-hybridized carbons (Fsp3) is 0.364. The maximum absolute atomic E-state index is 13.2. The highest BCUT2D eigenvalue weighted by Gasteiger charge is 2.31. The van der Waals surface area contributed by atoms with Crippen LogP contribution in [-0.4, -0.2) is 43.8 Å². The number of aromatic nitrogens is 4. The fourth-order valence-corrected chi connectivity index (χ4v) is 4.16. The summed E-state index contributed by atoms with van der Waals surface area (Å²) in [4.78, 5) is 15.1. The van der Waals surface area contributed by atoms with Gasteiger partial charge < -0.3 is 9.64 Å². The monoisotopic (exact) mass is 425 g/mol. The Morgan fingerprint density at radius 2 is 1.93 bits per heavy atom. The Balaban J connectivity index is 1.52. The van der Waals surface area contributed by atoms with Crippen LogP contribution >= 0.6 is 11.6 Å². The van der Waals surface area contributed by atoms with Crippen LogP contribution in [0, 0.1) is 0 Å². The van der Waals surface area contributed by atoms with Gasteiger partial charge in [-0.2, -0.15) is 0 Å². The molecule has 1 amide bonds. The van der Waals surface area contributed by atoms with Crippen LogP contribution in [-0.2, 0) is 17.7 Å². The van der Waals surface area contributed by atoms with E-state index in [4.69, 9.17) is 16.3 Å². The van der Waals surface area contributed by atoms with Gasteiger partial charge >= 0.3 is 6.09 Å². The standard InChI is InChI=1S/C22H24ClN5O2/c23-20-12-5-4-11-19(20)21(15-27-16-24-25-26-27)30-22(29)28-13-7-6-10-18(28)14-17-8-2-1-3-9-17/h1-5,8-9,11-12,16,18,21H,6-7,10,13-15H2. The zero-order valence-electron chi connectivity index (χ0n) is 16.6. The lowest BCUT2D eigenvalue weighted by atomic mass is 9.96. The molecule has 1 aromatic heterocycles. The second-order valence-corrected chi connectivity index (χ2v) is 7.87. The summed E-state index contributed by atoms with van der Waals surface area (Å²) in [6, 6.07) is 17.8. The molecule has 8 heteroatoms. The van der Waals surface area contributed by atoms with Crippen LogP contribution in [0.4, 0.5) is 4.79 Å². The zero-order valence-corrected chi connectivity index (χ0v) is 17.4. The molecule has 1 aliphatic rings. The molecule has 1 aliphatic heterocycles. The molecule has 2 atom stereocenters. The van der Waals surface area contributed by atoms with Crippen molar-refractivity contribution in [3.05, 3.63) is 77.1 Å². The van der Waals surface area contributed by atoms with Crippen LogP contribution in [0.3, 0.4) is 0 Å². The van der Waals surface area contributed by atoms with Crippen molar-refractivity contribution in [2.75, 3.05) is 6.54 Å². The van der Waals surface area contributed by atoms with Crippen molar-refractivity contribution in [3.8, 4) is 0 Å². The minimum Gasteiger partial charge on any atom is -0.439 e. The van der Waals surface area contributed by atoms with E-state index in [-0.39, 0.29) is 12.1 Å². The predicted octanol–water partition coefficient (Wildman–Crippen LogP) is 4.30. The van der Waals surface area contributed by atoms with Crippen molar-refractivity contribution in [1.82, 2.24) is 25.1 Å². The normalized spacial score (nSPS) is 17.5. The molecule has 0 saturated carbocycles. The van der Waals surface area contributed by atoms with E-state index in [9.17, 15) is 4.79 Å². The summed E-state index contributed by atoms with van der Waals surface area (Å²) in [7, 11) is 0. The maximum atomic E-state index is 13.2. The molecule has 0 bridgehead atoms. The largest absolute Gasteiger partial charge is 0.439 e. The van der Waals surface area contributed by atoms with Crippen molar-refractivity contribution >= 4 is 17.7 Å². The van der Waals surface area contributed by atoms with Gasteiger partial charge in [0.2, 0.25) is 0 Å². The Morgan fingerprint density at radius 3 is 2.70 bits per heavy atom. The zero-order chi connectivity index (χ0) is 20.8. The number of hydrogen-bond acceptors (Lipinski definition) is 5. The lowest BCUT2D eigenvalue weighted by Crippen LogP contribution is -2.45. The second kappa shape index (κ2) is 9.71. The summed E-state index contributed by atoms with van der Waals surface area (Å²) < 4.78 is 7.52. The third kappa shape index (κ3) is 4.97. The van der Waals surface area contributed by atoms with Gasteiger partial charge in [-0.3, -0.25) is 0 Å². The van der Waals surface area contributed by atoms with Gasteiger partial charge in [0.25, 0.3) is 0 Å². The van der Waals surface area contributed by atoms with E-state index < -0.39 is 6.10 Å². The fourth-order valence-electron chi connectivity index (χ4n) is 3.90. The number of amides is 1. The number of carbonyl (C=O) groups is 1. The van der Waals surface area contributed by atoms with E-state index in [0.717, 1.165) is 31.2 Å². The number of carbonyl (C=O) groups excluding carboxylic acids is 1. The van der Waals surface area contributed by atoms with Gasteiger partial charge in [0, 0.05) is 23.2 Å². The van der Waals surface area contributed by atoms with Gasteiger partial charge in [0.15, 0.2) is 0 Å². The molecule has 0 radical (unpaired) electrons. The number of nitrogens with zero attached hydrogens (tertiary/aromatic N) is 5. The van der Waals surface area contributed by atoms with Crippen LogP contribution in [0.5, 0.6) is 0 Å². The lowest BCUT2D eigenvalue weighted by molar-refractivity contribution is 0.0334. The van der Waals surface area contributed by atoms with Gasteiger partial charge in [-0.05, 0) is 47.7 Å². The van der Waals surface area contributed by atoms with E-state index >= 15 is 0 Å². The topological polar surface area (TPSA) is 73.1 Å². The number of hydrogen-bond donors (Lipinski definition) is 0. The average Bonchev–Trinajstić information content (AvgIpc) is 3.28. The summed E-state index contributed by atoms with van der Waals surface area (Å²) in [6.07, 6.45) is 4.46. The first-order valence-corrected chi connectivity index (χ1v) is 10.5. The quantitative estimate of drug-likeness (QED) is 0.588. The summed E-state index contributed by atoms with van der Waals surface area (Å²) in [5.41, 5.74) is 1.96. The smallest absolute Gasteiger partial charge is 0.410 e. The maximum Gasteiger partial charge on any atom is 0.410 e. The highest BCUT2D eigenvalue weighted by molar-refractivity contribution is 6.31. The predicted molar refractivity (Wildman–Crippen MR) is 113 cm³/mol. The van der Waals surface area contributed by atoms with Gasteiger partial charge in [-0.1, -0.05) is 60.1 Å². The first-order chi connectivity index (χ1) is 14.7. The minimum absolute atomic E-state index is 0.119. The van der Waals surface area contributed by atoms with Gasteiger partial charge in [0.05, 0.1) is 6.54 Å². The number of halogens is 1.